The van der Waals surface area contributed by atoms with Crippen LogP contribution in [0, 0.1) is 6.92 Å². The van der Waals surface area contributed by atoms with Crippen molar-refractivity contribution in [2.75, 3.05) is 18.3 Å². The van der Waals surface area contributed by atoms with Crippen LogP contribution in [-0.4, -0.2) is 49.6 Å². The van der Waals surface area contributed by atoms with Crippen molar-refractivity contribution in [3.05, 3.63) is 34.6 Å². The Morgan fingerprint density at radius 2 is 1.89 bits per heavy atom. The largest absolute Gasteiger partial charge is 0.511 e. The molecule has 0 saturated carbocycles. The van der Waals surface area contributed by atoms with Crippen LogP contribution in [0.2, 0.25) is 5.02 Å². The Bertz CT molecular complexity index is 1070. The fourth-order valence-corrected chi connectivity index (χ4v) is 5.02. The molecule has 0 aliphatic carbocycles. The van der Waals surface area contributed by atoms with E-state index in [4.69, 9.17) is 11.6 Å². The number of nitrogens with one attached hydrogen (secondary N) is 1. The first-order valence-corrected chi connectivity index (χ1v) is 11.5. The Kier molecular flexibility index (Phi) is 6.60. The minimum Gasteiger partial charge on any atom is -0.253 e. The third-order valence-corrected chi connectivity index (χ3v) is 7.83. The first kappa shape index (κ1) is 22.8. The number of nitrogens with zero attached hydrogens (tertiary/aromatic N) is 3. The molecular weight excluding hydrogens is 465 g/mol. The minimum absolute atomic E-state index is 0.00487. The summed E-state index contributed by atoms with van der Waals surface area (Å²) in [6.45, 7) is 0.998. The lowest BCUT2D eigenvalue weighted by atomic mass is 10.2. The fourth-order valence-electron chi connectivity index (χ4n) is 2.00. The number of hydrogen-bond acceptors (Lipinski definition) is 7. The van der Waals surface area contributed by atoms with E-state index >= 15 is 0 Å². The van der Waals surface area contributed by atoms with Crippen LogP contribution in [0.1, 0.15) is 11.4 Å². The summed E-state index contributed by atoms with van der Waals surface area (Å²) in [5, 5.41) is 0.144. The SMILES string of the molecule is Cc1c(Cl)cccc1S(=O)(=O)Nc1nc(CCN(C)S(=O)(=O)C(F)(F)F)ns1. The zero-order chi connectivity index (χ0) is 21.3. The highest BCUT2D eigenvalue weighted by Crippen LogP contribution is 2.27. The third kappa shape index (κ3) is 4.92. The molecule has 1 N–H and O–H groups in total. The first-order valence-electron chi connectivity index (χ1n) is 7.39. The molecule has 2 rings (SSSR count). The average Bonchev–Trinajstić information content (AvgIpc) is 3.00. The van der Waals surface area contributed by atoms with Crippen LogP contribution >= 0.6 is 23.1 Å². The van der Waals surface area contributed by atoms with E-state index in [0.29, 0.717) is 17.1 Å². The van der Waals surface area contributed by atoms with Crippen molar-refractivity contribution in [1.29, 1.82) is 0 Å². The molecule has 1 aromatic heterocycles. The number of rotatable bonds is 7. The Balaban J connectivity index is 2.10. The number of hydrogen-bond donors (Lipinski definition) is 1. The second-order valence-electron chi connectivity index (χ2n) is 5.51. The maximum Gasteiger partial charge on any atom is 0.511 e. The zero-order valence-electron chi connectivity index (χ0n) is 14.4. The van der Waals surface area contributed by atoms with Crippen molar-refractivity contribution in [3.8, 4) is 0 Å². The average molecular weight is 479 g/mol. The Hall–Kier alpha value is -1.48. The summed E-state index contributed by atoms with van der Waals surface area (Å²) in [7, 11) is -8.69. The summed E-state index contributed by atoms with van der Waals surface area (Å²) >= 11 is 6.59. The molecule has 28 heavy (non-hydrogen) atoms. The molecule has 8 nitrogen and oxygen atoms in total. The smallest absolute Gasteiger partial charge is 0.253 e. The van der Waals surface area contributed by atoms with Crippen LogP contribution in [0.3, 0.4) is 0 Å². The highest BCUT2D eigenvalue weighted by atomic mass is 35.5. The third-order valence-electron chi connectivity index (χ3n) is 3.55. The van der Waals surface area contributed by atoms with Crippen LogP contribution in [-0.2, 0) is 26.5 Å². The van der Waals surface area contributed by atoms with Crippen LogP contribution in [0.15, 0.2) is 23.1 Å². The summed E-state index contributed by atoms with van der Waals surface area (Å²) in [6, 6.07) is 4.35. The van der Waals surface area contributed by atoms with Crippen LogP contribution < -0.4 is 4.72 Å². The second kappa shape index (κ2) is 8.10. The van der Waals surface area contributed by atoms with Crippen LogP contribution in [0.5, 0.6) is 0 Å². The van der Waals surface area contributed by atoms with Gasteiger partial charge in [0.05, 0.1) is 4.90 Å². The van der Waals surface area contributed by atoms with E-state index in [0.717, 1.165) is 7.05 Å². The summed E-state index contributed by atoms with van der Waals surface area (Å²) in [5.41, 5.74) is -5.08. The van der Waals surface area contributed by atoms with E-state index in [1.807, 2.05) is 0 Å². The quantitative estimate of drug-likeness (QED) is 0.655. The van der Waals surface area contributed by atoms with Crippen LogP contribution in [0.4, 0.5) is 18.3 Å². The number of aromatic nitrogens is 2. The molecule has 0 unspecified atom stereocenters. The van der Waals surface area contributed by atoms with E-state index in [1.165, 1.54) is 25.1 Å². The van der Waals surface area contributed by atoms with Gasteiger partial charge in [-0.1, -0.05) is 17.7 Å². The number of benzene rings is 1. The van der Waals surface area contributed by atoms with Crippen molar-refractivity contribution < 1.29 is 30.0 Å². The first-order chi connectivity index (χ1) is 12.8. The van der Waals surface area contributed by atoms with Gasteiger partial charge in [0.15, 0.2) is 0 Å². The Morgan fingerprint density at radius 3 is 2.50 bits per heavy atom. The van der Waals surface area contributed by atoms with Crippen molar-refractivity contribution in [1.82, 2.24) is 13.7 Å². The lowest BCUT2D eigenvalue weighted by Crippen LogP contribution is -2.39. The highest BCUT2D eigenvalue weighted by molar-refractivity contribution is 7.93. The van der Waals surface area contributed by atoms with Gasteiger partial charge in [-0.05, 0) is 24.6 Å². The molecule has 0 aliphatic heterocycles. The molecule has 0 amide bonds. The molecule has 0 bridgehead atoms. The lowest BCUT2D eigenvalue weighted by Gasteiger charge is -2.17. The van der Waals surface area contributed by atoms with E-state index < -0.39 is 32.1 Å². The van der Waals surface area contributed by atoms with Gasteiger partial charge in [-0.3, -0.25) is 4.72 Å². The van der Waals surface area contributed by atoms with Gasteiger partial charge < -0.3 is 0 Å². The monoisotopic (exact) mass is 478 g/mol. The normalized spacial score (nSPS) is 13.1. The van der Waals surface area contributed by atoms with Gasteiger partial charge in [0.2, 0.25) is 5.13 Å². The number of sulfonamides is 2. The van der Waals surface area contributed by atoms with Gasteiger partial charge in [-0.25, -0.2) is 21.8 Å². The van der Waals surface area contributed by atoms with E-state index in [2.05, 4.69) is 14.1 Å². The minimum atomic E-state index is -5.46. The van der Waals surface area contributed by atoms with Gasteiger partial charge >= 0.3 is 15.5 Å². The molecule has 156 valence electrons. The van der Waals surface area contributed by atoms with Crippen molar-refractivity contribution in [2.24, 2.45) is 0 Å². The van der Waals surface area contributed by atoms with Crippen molar-refractivity contribution in [2.45, 2.75) is 23.7 Å². The summed E-state index contributed by atoms with van der Waals surface area (Å²) in [6.07, 6.45) is -0.236. The molecule has 0 radical (unpaired) electrons. The molecule has 0 atom stereocenters. The van der Waals surface area contributed by atoms with E-state index in [9.17, 15) is 30.0 Å². The number of likely N-dealkylation sites (N-methyl/N-ethyl adjacent to an activating group) is 1. The molecule has 1 heterocycles. The summed E-state index contributed by atoms with van der Waals surface area (Å²) < 4.78 is 91.0. The lowest BCUT2D eigenvalue weighted by molar-refractivity contribution is -0.0482. The Labute approximate surface area is 168 Å². The van der Waals surface area contributed by atoms with Gasteiger partial charge in [0, 0.05) is 36.6 Å². The zero-order valence-corrected chi connectivity index (χ0v) is 17.6. The van der Waals surface area contributed by atoms with Gasteiger partial charge in [0.25, 0.3) is 10.0 Å². The molecule has 0 saturated heterocycles. The molecule has 0 fully saturated rings. The van der Waals surface area contributed by atoms with Gasteiger partial charge in [0.1, 0.15) is 5.82 Å². The second-order valence-corrected chi connectivity index (χ2v) is 10.4. The predicted molar refractivity (Wildman–Crippen MR) is 98.2 cm³/mol. The van der Waals surface area contributed by atoms with Crippen molar-refractivity contribution >= 4 is 48.3 Å². The number of halogens is 4. The molecule has 15 heteroatoms. The topological polar surface area (TPSA) is 109 Å². The maximum absolute atomic E-state index is 12.5. The molecule has 0 spiro atoms. The highest BCUT2D eigenvalue weighted by Gasteiger charge is 2.48. The molecule has 0 aliphatic rings. The van der Waals surface area contributed by atoms with E-state index in [-0.39, 0.29) is 31.6 Å². The Morgan fingerprint density at radius 1 is 1.25 bits per heavy atom. The number of alkyl halides is 3. The standard InChI is InChI=1S/C13H14ClF3N4O4S3/c1-8-9(14)4-3-5-10(8)27(22,23)20-12-18-11(19-26-12)6-7-21(2)28(24,25)13(15,16)17/h3-5H,6-7H2,1-2H3,(H,18,19,20). The van der Waals surface area contributed by atoms with Crippen LogP contribution in [0.25, 0.3) is 0 Å². The van der Waals surface area contributed by atoms with Crippen molar-refractivity contribution in [3.63, 3.8) is 0 Å². The fraction of sp³-hybridized carbons (Fsp3) is 0.385. The van der Waals surface area contributed by atoms with Gasteiger partial charge in [-0.2, -0.15) is 21.9 Å². The summed E-state index contributed by atoms with van der Waals surface area (Å²) in [4.78, 5) is 3.81. The van der Waals surface area contributed by atoms with Gasteiger partial charge in [-0.15, -0.1) is 0 Å². The molecule has 2 aromatic rings. The summed E-state index contributed by atoms with van der Waals surface area (Å²) in [5.74, 6) is -0.00487. The number of anilines is 1. The molecular formula is C13H14ClF3N4O4S3. The van der Waals surface area contributed by atoms with E-state index in [1.54, 1.807) is 0 Å². The maximum atomic E-state index is 12.5. The molecule has 1 aromatic carbocycles. The predicted octanol–water partition coefficient (Wildman–Crippen LogP) is 2.62.